The molecule has 1 N–H and O–H groups in total. The first-order chi connectivity index (χ1) is 10.1. The molecule has 7 nitrogen and oxygen atoms in total. The molecule has 1 aliphatic heterocycles. The minimum Gasteiger partial charge on any atom is -0.358 e. The van der Waals surface area contributed by atoms with E-state index in [2.05, 4.69) is 15.2 Å². The minimum absolute atomic E-state index is 0.00212. The number of nitrogens with zero attached hydrogens (tertiary/aromatic N) is 4. The molecule has 0 radical (unpaired) electrons. The van der Waals surface area contributed by atoms with E-state index in [1.165, 1.54) is 12.8 Å². The summed E-state index contributed by atoms with van der Waals surface area (Å²) < 4.78 is 1.86. The maximum Gasteiger partial charge on any atom is 0.406 e. The smallest absolute Gasteiger partial charge is 0.358 e. The van der Waals surface area contributed by atoms with E-state index in [9.17, 15) is 10.1 Å². The zero-order valence-electron chi connectivity index (χ0n) is 12.7. The molecule has 0 amide bonds. The predicted octanol–water partition coefficient (Wildman–Crippen LogP) is 1.75. The second-order valence-electron chi connectivity index (χ2n) is 6.15. The number of aromatic nitrogens is 2. The molecular formula is C14H23N5O2. The monoisotopic (exact) mass is 293 g/mol. The second kappa shape index (κ2) is 5.63. The van der Waals surface area contributed by atoms with Crippen molar-refractivity contribution in [3.63, 3.8) is 0 Å². The van der Waals surface area contributed by atoms with Crippen molar-refractivity contribution in [1.29, 1.82) is 0 Å². The molecule has 116 valence electrons. The highest BCUT2D eigenvalue weighted by Gasteiger charge is 2.38. The molecule has 0 spiro atoms. The molecule has 7 heteroatoms. The van der Waals surface area contributed by atoms with E-state index >= 15 is 0 Å². The van der Waals surface area contributed by atoms with Gasteiger partial charge in [0.2, 0.25) is 11.6 Å². The van der Waals surface area contributed by atoms with Gasteiger partial charge in [-0.05, 0) is 42.1 Å². The van der Waals surface area contributed by atoms with Gasteiger partial charge < -0.3 is 20.3 Å². The first-order valence-corrected chi connectivity index (χ1v) is 7.75. The standard InChI is InChI=1S/C14H23N5O2/c1-10-16-13(19(20)21)14(17(10)2)18(12-6-7-12)9-11-5-3-4-8-15-11/h11-12,15H,3-9H2,1-2H3. The lowest BCUT2D eigenvalue weighted by atomic mass is 10.0. The van der Waals surface area contributed by atoms with Crippen LogP contribution >= 0.6 is 0 Å². The third kappa shape index (κ3) is 2.88. The summed E-state index contributed by atoms with van der Waals surface area (Å²) in [6, 6.07) is 0.858. The SMILES string of the molecule is Cc1nc([N+](=O)[O-])c(N(CC2CCCCN2)C2CC2)n1C. The van der Waals surface area contributed by atoms with Crippen LogP contribution in [0.3, 0.4) is 0 Å². The summed E-state index contributed by atoms with van der Waals surface area (Å²) in [6.07, 6.45) is 5.85. The van der Waals surface area contributed by atoms with Gasteiger partial charge in [0, 0.05) is 32.6 Å². The Morgan fingerprint density at radius 2 is 2.19 bits per heavy atom. The van der Waals surface area contributed by atoms with Gasteiger partial charge in [-0.2, -0.15) is 0 Å². The zero-order chi connectivity index (χ0) is 15.0. The molecular weight excluding hydrogens is 270 g/mol. The Morgan fingerprint density at radius 1 is 1.43 bits per heavy atom. The Morgan fingerprint density at radius 3 is 2.76 bits per heavy atom. The van der Waals surface area contributed by atoms with Crippen LogP contribution in [-0.2, 0) is 7.05 Å². The average Bonchev–Trinajstić information content (AvgIpc) is 3.26. The van der Waals surface area contributed by atoms with E-state index in [-0.39, 0.29) is 10.7 Å². The number of anilines is 1. The molecule has 1 aromatic rings. The summed E-state index contributed by atoms with van der Waals surface area (Å²) in [6.45, 7) is 3.71. The molecule has 1 unspecified atom stereocenters. The van der Waals surface area contributed by atoms with Gasteiger partial charge in [0.1, 0.15) is 0 Å². The van der Waals surface area contributed by atoms with E-state index < -0.39 is 0 Å². The minimum atomic E-state index is -0.355. The highest BCUT2D eigenvalue weighted by Crippen LogP contribution is 2.37. The highest BCUT2D eigenvalue weighted by atomic mass is 16.6. The van der Waals surface area contributed by atoms with Crippen molar-refractivity contribution in [3.8, 4) is 0 Å². The maximum atomic E-state index is 11.3. The third-order valence-corrected chi connectivity index (χ3v) is 4.53. The van der Waals surface area contributed by atoms with Crippen LogP contribution in [0.2, 0.25) is 0 Å². The maximum absolute atomic E-state index is 11.3. The average molecular weight is 293 g/mol. The van der Waals surface area contributed by atoms with Crippen molar-refractivity contribution >= 4 is 11.6 Å². The van der Waals surface area contributed by atoms with Crippen molar-refractivity contribution in [3.05, 3.63) is 15.9 Å². The second-order valence-corrected chi connectivity index (χ2v) is 6.15. The van der Waals surface area contributed by atoms with E-state index in [0.717, 1.165) is 32.4 Å². The summed E-state index contributed by atoms with van der Waals surface area (Å²) in [7, 11) is 1.87. The molecule has 2 fully saturated rings. The normalized spacial score (nSPS) is 22.3. The fourth-order valence-electron chi connectivity index (χ4n) is 3.14. The number of hydrogen-bond donors (Lipinski definition) is 1. The van der Waals surface area contributed by atoms with Crippen LogP contribution in [0, 0.1) is 17.0 Å². The van der Waals surface area contributed by atoms with Gasteiger partial charge in [-0.25, -0.2) is 0 Å². The quantitative estimate of drug-likeness (QED) is 0.661. The fourth-order valence-corrected chi connectivity index (χ4v) is 3.14. The number of imidazole rings is 1. The number of piperidine rings is 1. The molecule has 2 heterocycles. The Labute approximate surface area is 124 Å². The largest absolute Gasteiger partial charge is 0.406 e. The number of nitrogens with one attached hydrogen (secondary N) is 1. The molecule has 1 aliphatic carbocycles. The van der Waals surface area contributed by atoms with Gasteiger partial charge in [0.15, 0.2) is 0 Å². The van der Waals surface area contributed by atoms with Crippen LogP contribution in [0.1, 0.15) is 37.9 Å². The molecule has 21 heavy (non-hydrogen) atoms. The summed E-state index contributed by atoms with van der Waals surface area (Å²) in [4.78, 5) is 17.3. The molecule has 3 rings (SSSR count). The van der Waals surface area contributed by atoms with Gasteiger partial charge >= 0.3 is 5.82 Å². The van der Waals surface area contributed by atoms with Gasteiger partial charge in [-0.15, -0.1) is 0 Å². The van der Waals surface area contributed by atoms with Gasteiger partial charge in [0.05, 0.1) is 0 Å². The van der Waals surface area contributed by atoms with Crippen LogP contribution in [0.15, 0.2) is 0 Å². The lowest BCUT2D eigenvalue weighted by Gasteiger charge is -2.31. The van der Waals surface area contributed by atoms with Crippen molar-refractivity contribution in [1.82, 2.24) is 14.9 Å². The molecule has 1 saturated carbocycles. The number of hydrogen-bond acceptors (Lipinski definition) is 5. The summed E-state index contributed by atoms with van der Waals surface area (Å²) in [5.74, 6) is 1.36. The van der Waals surface area contributed by atoms with E-state index in [0.29, 0.717) is 23.7 Å². The van der Waals surface area contributed by atoms with Crippen molar-refractivity contribution in [2.24, 2.45) is 7.05 Å². The first-order valence-electron chi connectivity index (χ1n) is 7.75. The van der Waals surface area contributed by atoms with Crippen LogP contribution in [0.25, 0.3) is 0 Å². The Kier molecular flexibility index (Phi) is 3.84. The summed E-state index contributed by atoms with van der Waals surface area (Å²) in [5, 5.41) is 14.9. The highest BCUT2D eigenvalue weighted by molar-refractivity contribution is 5.57. The van der Waals surface area contributed by atoms with Gasteiger partial charge in [-0.1, -0.05) is 6.42 Å². The zero-order valence-corrected chi connectivity index (χ0v) is 12.7. The Bertz CT molecular complexity index is 532. The molecule has 2 aliphatic rings. The van der Waals surface area contributed by atoms with Crippen LogP contribution in [0.5, 0.6) is 0 Å². The van der Waals surface area contributed by atoms with Gasteiger partial charge in [-0.3, -0.25) is 4.57 Å². The van der Waals surface area contributed by atoms with Gasteiger partial charge in [0.25, 0.3) is 0 Å². The molecule has 1 atom stereocenters. The molecule has 0 bridgehead atoms. The lowest BCUT2D eigenvalue weighted by Crippen LogP contribution is -2.45. The van der Waals surface area contributed by atoms with E-state index in [1.807, 2.05) is 18.5 Å². The Balaban J connectivity index is 1.88. The number of nitro groups is 1. The predicted molar refractivity (Wildman–Crippen MR) is 80.6 cm³/mol. The number of rotatable bonds is 5. The molecule has 1 aromatic heterocycles. The third-order valence-electron chi connectivity index (χ3n) is 4.53. The first kappa shape index (κ1) is 14.3. The topological polar surface area (TPSA) is 76.2 Å². The molecule has 1 saturated heterocycles. The summed E-state index contributed by atoms with van der Waals surface area (Å²) in [5.41, 5.74) is 0. The lowest BCUT2D eigenvalue weighted by molar-refractivity contribution is -0.388. The Hall–Kier alpha value is -1.63. The van der Waals surface area contributed by atoms with Crippen LogP contribution < -0.4 is 10.2 Å². The van der Waals surface area contributed by atoms with Crippen LogP contribution in [-0.4, -0.2) is 39.6 Å². The van der Waals surface area contributed by atoms with Crippen molar-refractivity contribution < 1.29 is 4.92 Å². The van der Waals surface area contributed by atoms with Crippen LogP contribution in [0.4, 0.5) is 11.6 Å². The fraction of sp³-hybridized carbons (Fsp3) is 0.786. The van der Waals surface area contributed by atoms with E-state index in [4.69, 9.17) is 0 Å². The molecule has 0 aromatic carbocycles. The van der Waals surface area contributed by atoms with Crippen molar-refractivity contribution in [2.75, 3.05) is 18.0 Å². The summed E-state index contributed by atoms with van der Waals surface area (Å²) >= 11 is 0. The van der Waals surface area contributed by atoms with Crippen molar-refractivity contribution in [2.45, 2.75) is 51.1 Å². The number of aryl methyl sites for hydroxylation is 1. The van der Waals surface area contributed by atoms with E-state index in [1.54, 1.807) is 0 Å².